The molecule has 122 valence electrons. The highest BCUT2D eigenvalue weighted by Crippen LogP contribution is 2.25. The molecule has 1 aromatic carbocycles. The third-order valence-electron chi connectivity index (χ3n) is 4.17. The Labute approximate surface area is 136 Å². The van der Waals surface area contributed by atoms with Gasteiger partial charge in [0.1, 0.15) is 5.75 Å². The number of benzene rings is 1. The first-order chi connectivity index (χ1) is 10.5. The molecule has 5 nitrogen and oxygen atoms in total. The summed E-state index contributed by atoms with van der Waals surface area (Å²) in [7, 11) is 4.09. The molecule has 0 saturated carbocycles. The van der Waals surface area contributed by atoms with Crippen molar-refractivity contribution in [2.75, 3.05) is 40.5 Å². The van der Waals surface area contributed by atoms with Crippen molar-refractivity contribution in [1.29, 1.82) is 0 Å². The van der Waals surface area contributed by atoms with Crippen molar-refractivity contribution < 1.29 is 14.3 Å². The summed E-state index contributed by atoms with van der Waals surface area (Å²) in [6.07, 6.45) is 1.83. The van der Waals surface area contributed by atoms with Gasteiger partial charge in [-0.25, -0.2) is 0 Å². The number of nitrogens with one attached hydrogen (secondary N) is 1. The van der Waals surface area contributed by atoms with Gasteiger partial charge in [-0.2, -0.15) is 0 Å². The Kier molecular flexibility index (Phi) is 6.06. The fourth-order valence-corrected chi connectivity index (χ4v) is 2.65. The Hall–Kier alpha value is -1.30. The number of halogens is 1. The lowest BCUT2D eigenvalue weighted by Crippen LogP contribution is -2.56. The van der Waals surface area contributed by atoms with Crippen molar-refractivity contribution in [3.8, 4) is 5.75 Å². The normalized spacial score (nSPS) is 17.3. The summed E-state index contributed by atoms with van der Waals surface area (Å²) in [6.45, 7) is 2.07. The molecule has 0 aromatic heterocycles. The molecule has 1 N–H and O–H groups in total. The van der Waals surface area contributed by atoms with Crippen molar-refractivity contribution in [3.63, 3.8) is 0 Å². The topological polar surface area (TPSA) is 50.8 Å². The first-order valence-corrected chi connectivity index (χ1v) is 7.80. The molecule has 0 radical (unpaired) electrons. The molecule has 1 aliphatic rings. The minimum Gasteiger partial charge on any atom is -0.484 e. The van der Waals surface area contributed by atoms with Gasteiger partial charge < -0.3 is 19.7 Å². The van der Waals surface area contributed by atoms with Gasteiger partial charge in [-0.15, -0.1) is 0 Å². The average Bonchev–Trinajstić information content (AvgIpc) is 2.53. The summed E-state index contributed by atoms with van der Waals surface area (Å²) in [5.74, 6) is 0.510. The first-order valence-electron chi connectivity index (χ1n) is 7.42. The molecule has 1 aromatic rings. The third-order valence-corrected chi connectivity index (χ3v) is 4.42. The van der Waals surface area contributed by atoms with Crippen molar-refractivity contribution >= 4 is 17.5 Å². The van der Waals surface area contributed by atoms with Crippen LogP contribution in [0, 0.1) is 0 Å². The van der Waals surface area contributed by atoms with E-state index < -0.39 is 0 Å². The Bertz CT molecular complexity index is 485. The van der Waals surface area contributed by atoms with Gasteiger partial charge in [0.25, 0.3) is 5.91 Å². The number of likely N-dealkylation sites (N-methyl/N-ethyl adjacent to an activating group) is 1. The zero-order valence-electron chi connectivity index (χ0n) is 13.1. The second kappa shape index (κ2) is 7.81. The Morgan fingerprint density at radius 2 is 1.95 bits per heavy atom. The van der Waals surface area contributed by atoms with E-state index in [1.807, 2.05) is 14.1 Å². The summed E-state index contributed by atoms with van der Waals surface area (Å²) in [5, 5.41) is 3.61. The van der Waals surface area contributed by atoms with Gasteiger partial charge in [-0.05, 0) is 51.2 Å². The first kappa shape index (κ1) is 17.1. The van der Waals surface area contributed by atoms with E-state index in [9.17, 15) is 4.79 Å². The summed E-state index contributed by atoms with van der Waals surface area (Å²) in [4.78, 5) is 14.2. The lowest BCUT2D eigenvalue weighted by molar-refractivity contribution is -0.124. The fraction of sp³-hybridized carbons (Fsp3) is 0.562. The van der Waals surface area contributed by atoms with Crippen LogP contribution in [0.5, 0.6) is 5.75 Å². The quantitative estimate of drug-likeness (QED) is 0.868. The van der Waals surface area contributed by atoms with Crippen LogP contribution in [-0.4, -0.2) is 56.8 Å². The number of ether oxygens (including phenoxy) is 2. The molecule has 1 heterocycles. The number of amides is 1. The highest BCUT2D eigenvalue weighted by molar-refractivity contribution is 6.30. The molecule has 0 aliphatic carbocycles. The average molecular weight is 327 g/mol. The van der Waals surface area contributed by atoms with Crippen LogP contribution in [0.15, 0.2) is 24.3 Å². The number of carbonyl (C=O) groups excluding carboxylic acids is 1. The van der Waals surface area contributed by atoms with E-state index in [0.29, 0.717) is 17.3 Å². The van der Waals surface area contributed by atoms with Crippen LogP contribution in [0.4, 0.5) is 0 Å². The minimum atomic E-state index is -0.123. The Morgan fingerprint density at radius 3 is 2.55 bits per heavy atom. The van der Waals surface area contributed by atoms with E-state index in [1.165, 1.54) is 0 Å². The van der Waals surface area contributed by atoms with E-state index in [4.69, 9.17) is 21.1 Å². The van der Waals surface area contributed by atoms with Crippen LogP contribution < -0.4 is 10.1 Å². The second-order valence-electron chi connectivity index (χ2n) is 5.75. The minimum absolute atomic E-state index is 0.00163. The highest BCUT2D eigenvalue weighted by atomic mass is 35.5. The molecular weight excluding hydrogens is 304 g/mol. The number of rotatable bonds is 6. The number of nitrogens with zero attached hydrogens (tertiary/aromatic N) is 1. The standard InChI is InChI=1S/C16H23ClN2O3/c1-19(2)16(7-9-21-10-8-16)12-18-15(20)11-22-14-5-3-13(17)4-6-14/h3-6H,7-12H2,1-2H3,(H,18,20). The monoisotopic (exact) mass is 326 g/mol. The van der Waals surface area contributed by atoms with Gasteiger partial charge in [0, 0.05) is 30.3 Å². The fourth-order valence-electron chi connectivity index (χ4n) is 2.53. The Morgan fingerprint density at radius 1 is 1.32 bits per heavy atom. The molecule has 2 rings (SSSR count). The van der Waals surface area contributed by atoms with Gasteiger partial charge >= 0.3 is 0 Å². The molecule has 0 unspecified atom stereocenters. The third kappa shape index (κ3) is 4.60. The molecule has 6 heteroatoms. The van der Waals surface area contributed by atoms with Crippen molar-refractivity contribution in [2.45, 2.75) is 18.4 Å². The molecular formula is C16H23ClN2O3. The van der Waals surface area contributed by atoms with E-state index in [-0.39, 0.29) is 18.1 Å². The molecule has 1 aliphatic heterocycles. The maximum atomic E-state index is 12.0. The summed E-state index contributed by atoms with van der Waals surface area (Å²) >= 11 is 5.81. The summed E-state index contributed by atoms with van der Waals surface area (Å²) in [6, 6.07) is 6.96. The predicted octanol–water partition coefficient (Wildman–Crippen LogP) is 1.95. The van der Waals surface area contributed by atoms with Gasteiger partial charge in [0.15, 0.2) is 6.61 Å². The number of hydrogen-bond donors (Lipinski definition) is 1. The maximum absolute atomic E-state index is 12.0. The maximum Gasteiger partial charge on any atom is 0.258 e. The van der Waals surface area contributed by atoms with Gasteiger partial charge in [0.2, 0.25) is 0 Å². The lowest BCUT2D eigenvalue weighted by Gasteiger charge is -2.42. The molecule has 1 saturated heterocycles. The predicted molar refractivity (Wildman–Crippen MR) is 86.4 cm³/mol. The molecule has 0 spiro atoms. The summed E-state index contributed by atoms with van der Waals surface area (Å²) in [5.41, 5.74) is -0.0335. The molecule has 0 atom stereocenters. The van der Waals surface area contributed by atoms with Crippen molar-refractivity contribution in [2.24, 2.45) is 0 Å². The zero-order chi connectivity index (χ0) is 16.0. The smallest absolute Gasteiger partial charge is 0.258 e. The van der Waals surface area contributed by atoms with E-state index in [1.54, 1.807) is 24.3 Å². The van der Waals surface area contributed by atoms with Crippen molar-refractivity contribution in [3.05, 3.63) is 29.3 Å². The Balaban J connectivity index is 1.80. The largest absolute Gasteiger partial charge is 0.484 e. The SMILES string of the molecule is CN(C)C1(CNC(=O)COc2ccc(Cl)cc2)CCOCC1. The number of hydrogen-bond acceptors (Lipinski definition) is 4. The van der Waals surface area contributed by atoms with Gasteiger partial charge in [-0.1, -0.05) is 11.6 Å². The number of carbonyl (C=O) groups is 1. The van der Waals surface area contributed by atoms with Crippen LogP contribution in [0.3, 0.4) is 0 Å². The lowest BCUT2D eigenvalue weighted by atomic mass is 9.88. The highest BCUT2D eigenvalue weighted by Gasteiger charge is 2.35. The van der Waals surface area contributed by atoms with Crippen LogP contribution in [-0.2, 0) is 9.53 Å². The molecule has 22 heavy (non-hydrogen) atoms. The zero-order valence-corrected chi connectivity index (χ0v) is 13.9. The molecule has 0 bridgehead atoms. The van der Waals surface area contributed by atoms with E-state index in [0.717, 1.165) is 26.1 Å². The van der Waals surface area contributed by atoms with Crippen LogP contribution in [0.1, 0.15) is 12.8 Å². The van der Waals surface area contributed by atoms with Crippen LogP contribution in [0.2, 0.25) is 5.02 Å². The van der Waals surface area contributed by atoms with Crippen LogP contribution in [0.25, 0.3) is 0 Å². The second-order valence-corrected chi connectivity index (χ2v) is 6.19. The van der Waals surface area contributed by atoms with Crippen molar-refractivity contribution in [1.82, 2.24) is 10.2 Å². The van der Waals surface area contributed by atoms with E-state index in [2.05, 4.69) is 10.2 Å². The molecule has 1 amide bonds. The van der Waals surface area contributed by atoms with Crippen LogP contribution >= 0.6 is 11.6 Å². The van der Waals surface area contributed by atoms with Gasteiger partial charge in [-0.3, -0.25) is 4.79 Å². The van der Waals surface area contributed by atoms with E-state index >= 15 is 0 Å². The molecule has 1 fully saturated rings. The summed E-state index contributed by atoms with van der Waals surface area (Å²) < 4.78 is 10.9. The van der Waals surface area contributed by atoms with Gasteiger partial charge in [0.05, 0.1) is 0 Å².